The molecule has 2 amide bonds. The summed E-state index contributed by atoms with van der Waals surface area (Å²) < 4.78 is 36.8. The van der Waals surface area contributed by atoms with E-state index in [1.165, 1.54) is 6.07 Å². The smallest absolute Gasteiger partial charge is 0.340 e. The summed E-state index contributed by atoms with van der Waals surface area (Å²) in [7, 11) is 0. The molecule has 0 aliphatic carbocycles. The molecule has 0 fully saturated rings. The van der Waals surface area contributed by atoms with Crippen molar-refractivity contribution >= 4 is 17.7 Å². The van der Waals surface area contributed by atoms with Crippen molar-refractivity contribution in [1.29, 1.82) is 0 Å². The van der Waals surface area contributed by atoms with Gasteiger partial charge in [0.25, 0.3) is 6.43 Å². The molecule has 0 atom stereocenters. The van der Waals surface area contributed by atoms with Gasteiger partial charge >= 0.3 is 12.0 Å². The first-order chi connectivity index (χ1) is 8.41. The molecule has 0 aliphatic rings. The van der Waals surface area contributed by atoms with Crippen LogP contribution in [0.3, 0.4) is 0 Å². The fourth-order valence-electron chi connectivity index (χ4n) is 1.18. The average molecular weight is 262 g/mol. The lowest BCUT2D eigenvalue weighted by molar-refractivity contribution is 0.0693. The third-order valence-electron chi connectivity index (χ3n) is 1.89. The third-order valence-corrected chi connectivity index (χ3v) is 1.89. The van der Waals surface area contributed by atoms with E-state index in [4.69, 9.17) is 5.11 Å². The van der Waals surface area contributed by atoms with Gasteiger partial charge in [-0.05, 0) is 12.1 Å². The van der Waals surface area contributed by atoms with E-state index >= 15 is 0 Å². The highest BCUT2D eigenvalue weighted by molar-refractivity contribution is 6.00. The number of rotatable bonds is 4. The molecule has 0 bridgehead atoms. The summed E-state index contributed by atoms with van der Waals surface area (Å²) in [6.45, 7) is -0.885. The van der Waals surface area contributed by atoms with Gasteiger partial charge in [-0.2, -0.15) is 0 Å². The highest BCUT2D eigenvalue weighted by Gasteiger charge is 2.17. The first-order valence-electron chi connectivity index (χ1n) is 4.76. The molecule has 3 N–H and O–H groups in total. The van der Waals surface area contributed by atoms with E-state index in [-0.39, 0.29) is 5.69 Å². The maximum absolute atomic E-state index is 13.2. The van der Waals surface area contributed by atoms with Gasteiger partial charge in [0.05, 0.1) is 12.2 Å². The van der Waals surface area contributed by atoms with Crippen LogP contribution < -0.4 is 10.6 Å². The number of alkyl halides is 2. The van der Waals surface area contributed by atoms with Crippen LogP contribution in [0.4, 0.5) is 23.7 Å². The largest absolute Gasteiger partial charge is 0.478 e. The van der Waals surface area contributed by atoms with Crippen LogP contribution in [0.25, 0.3) is 0 Å². The van der Waals surface area contributed by atoms with Crippen molar-refractivity contribution in [2.24, 2.45) is 0 Å². The molecular weight excluding hydrogens is 253 g/mol. The Balaban J connectivity index is 2.81. The fraction of sp³-hybridized carbons (Fsp3) is 0.200. The first-order valence-corrected chi connectivity index (χ1v) is 4.76. The lowest BCUT2D eigenvalue weighted by Gasteiger charge is -2.10. The molecule has 98 valence electrons. The Morgan fingerprint density at radius 3 is 2.56 bits per heavy atom. The lowest BCUT2D eigenvalue weighted by Crippen LogP contribution is -2.33. The van der Waals surface area contributed by atoms with E-state index in [0.29, 0.717) is 0 Å². The molecule has 1 aromatic rings. The number of carboxylic acid groups (broad SMARTS) is 1. The van der Waals surface area contributed by atoms with Crippen LogP contribution in [0.2, 0.25) is 0 Å². The number of aromatic carboxylic acids is 1. The van der Waals surface area contributed by atoms with Gasteiger partial charge in [0.15, 0.2) is 0 Å². The van der Waals surface area contributed by atoms with Crippen molar-refractivity contribution in [3.8, 4) is 0 Å². The Bertz CT molecular complexity index is 466. The minimum absolute atomic E-state index is 0.311. The van der Waals surface area contributed by atoms with E-state index in [2.05, 4.69) is 0 Å². The second-order valence-electron chi connectivity index (χ2n) is 3.19. The van der Waals surface area contributed by atoms with Gasteiger partial charge in [0.1, 0.15) is 11.4 Å². The average Bonchev–Trinajstić information content (AvgIpc) is 2.26. The molecule has 1 aromatic carbocycles. The van der Waals surface area contributed by atoms with Crippen LogP contribution in [-0.2, 0) is 0 Å². The third kappa shape index (κ3) is 3.65. The molecule has 0 aromatic heterocycles. The van der Waals surface area contributed by atoms with Crippen molar-refractivity contribution in [2.45, 2.75) is 6.43 Å². The number of urea groups is 1. The Morgan fingerprint density at radius 2 is 2.00 bits per heavy atom. The number of carboxylic acids is 1. The number of hydrogen-bond acceptors (Lipinski definition) is 2. The molecule has 0 saturated carbocycles. The van der Waals surface area contributed by atoms with Gasteiger partial charge in [-0.15, -0.1) is 0 Å². The Morgan fingerprint density at radius 1 is 1.33 bits per heavy atom. The number of carbonyl (C=O) groups excluding carboxylic acids is 1. The van der Waals surface area contributed by atoms with Gasteiger partial charge in [0, 0.05) is 0 Å². The van der Waals surface area contributed by atoms with Gasteiger partial charge < -0.3 is 15.7 Å². The second kappa shape index (κ2) is 5.89. The standard InChI is InChI=1S/C10H9F3N2O3/c11-5-2-1-3-6(8(5)9(16)17)15-10(18)14-4-7(12)13/h1-3,7H,4H2,(H,16,17)(H2,14,15,18). The summed E-state index contributed by atoms with van der Waals surface area (Å²) >= 11 is 0. The van der Waals surface area contributed by atoms with E-state index in [1.807, 2.05) is 5.32 Å². The number of nitrogens with one attached hydrogen (secondary N) is 2. The summed E-state index contributed by atoms with van der Waals surface area (Å²) in [5, 5.41) is 12.5. The van der Waals surface area contributed by atoms with Crippen molar-refractivity contribution < 1.29 is 27.9 Å². The highest BCUT2D eigenvalue weighted by Crippen LogP contribution is 2.18. The molecule has 18 heavy (non-hydrogen) atoms. The molecule has 0 unspecified atom stereocenters. The molecule has 0 heterocycles. The van der Waals surface area contributed by atoms with Crippen LogP contribution in [0.5, 0.6) is 0 Å². The van der Waals surface area contributed by atoms with Gasteiger partial charge in [-0.1, -0.05) is 6.07 Å². The highest BCUT2D eigenvalue weighted by atomic mass is 19.3. The Labute approximate surface area is 99.6 Å². The number of anilines is 1. The molecular formula is C10H9F3N2O3. The van der Waals surface area contributed by atoms with Crippen LogP contribution in [0, 0.1) is 5.82 Å². The van der Waals surface area contributed by atoms with Crippen LogP contribution in [0.1, 0.15) is 10.4 Å². The predicted molar refractivity (Wildman–Crippen MR) is 56.4 cm³/mol. The SMILES string of the molecule is O=C(NCC(F)F)Nc1cccc(F)c1C(=O)O. The molecule has 5 nitrogen and oxygen atoms in total. The number of hydrogen-bond donors (Lipinski definition) is 3. The van der Waals surface area contributed by atoms with E-state index in [1.54, 1.807) is 5.32 Å². The number of benzene rings is 1. The van der Waals surface area contributed by atoms with Crippen LogP contribution >= 0.6 is 0 Å². The summed E-state index contributed by atoms with van der Waals surface area (Å²) in [5.74, 6) is -2.61. The lowest BCUT2D eigenvalue weighted by atomic mass is 10.1. The van der Waals surface area contributed by atoms with E-state index in [9.17, 15) is 22.8 Å². The maximum atomic E-state index is 13.2. The molecule has 0 radical (unpaired) electrons. The van der Waals surface area contributed by atoms with Crippen molar-refractivity contribution in [1.82, 2.24) is 5.32 Å². The van der Waals surface area contributed by atoms with Crippen molar-refractivity contribution in [3.63, 3.8) is 0 Å². The summed E-state index contributed by atoms with van der Waals surface area (Å²) in [6, 6.07) is 2.20. The number of amides is 2. The van der Waals surface area contributed by atoms with Crippen LogP contribution in [0.15, 0.2) is 18.2 Å². The summed E-state index contributed by atoms with van der Waals surface area (Å²) in [4.78, 5) is 21.9. The Hall–Kier alpha value is -2.25. The van der Waals surface area contributed by atoms with Gasteiger partial charge in [-0.3, -0.25) is 0 Å². The zero-order chi connectivity index (χ0) is 13.7. The zero-order valence-corrected chi connectivity index (χ0v) is 8.91. The fourth-order valence-corrected chi connectivity index (χ4v) is 1.18. The quantitative estimate of drug-likeness (QED) is 0.775. The monoisotopic (exact) mass is 262 g/mol. The van der Waals surface area contributed by atoms with E-state index < -0.39 is 36.4 Å². The van der Waals surface area contributed by atoms with Crippen molar-refractivity contribution in [2.75, 3.05) is 11.9 Å². The van der Waals surface area contributed by atoms with Gasteiger partial charge in [-0.25, -0.2) is 22.8 Å². The molecule has 0 spiro atoms. The van der Waals surface area contributed by atoms with Crippen LogP contribution in [-0.4, -0.2) is 30.1 Å². The molecule has 0 aliphatic heterocycles. The Kier molecular flexibility index (Phi) is 4.52. The second-order valence-corrected chi connectivity index (χ2v) is 3.19. The van der Waals surface area contributed by atoms with Gasteiger partial charge in [0.2, 0.25) is 0 Å². The maximum Gasteiger partial charge on any atom is 0.340 e. The minimum atomic E-state index is -2.73. The minimum Gasteiger partial charge on any atom is -0.478 e. The normalized spacial score (nSPS) is 10.2. The van der Waals surface area contributed by atoms with E-state index in [0.717, 1.165) is 12.1 Å². The molecule has 1 rings (SSSR count). The summed E-state index contributed by atoms with van der Waals surface area (Å²) in [5.41, 5.74) is -1.04. The van der Waals surface area contributed by atoms with Crippen molar-refractivity contribution in [3.05, 3.63) is 29.6 Å². The number of halogens is 3. The zero-order valence-electron chi connectivity index (χ0n) is 8.91. The predicted octanol–water partition coefficient (Wildman–Crippen LogP) is 1.91. The first kappa shape index (κ1) is 13.8. The molecule has 8 heteroatoms. The topological polar surface area (TPSA) is 78.4 Å². The molecule has 0 saturated heterocycles. The summed E-state index contributed by atoms with van der Waals surface area (Å²) in [6.07, 6.45) is -2.73. The number of carbonyl (C=O) groups is 2.